The van der Waals surface area contributed by atoms with Crippen LogP contribution in [0.3, 0.4) is 0 Å². The van der Waals surface area contributed by atoms with Gasteiger partial charge in [-0.2, -0.15) is 0 Å². The summed E-state index contributed by atoms with van der Waals surface area (Å²) >= 11 is 0. The molecule has 0 fully saturated rings. The molecule has 7 nitrogen and oxygen atoms in total. The van der Waals surface area contributed by atoms with Crippen LogP contribution in [0.5, 0.6) is 5.75 Å². The van der Waals surface area contributed by atoms with Gasteiger partial charge in [0.05, 0.1) is 0 Å². The van der Waals surface area contributed by atoms with Crippen LogP contribution in [0.1, 0.15) is 26.3 Å². The first-order valence-corrected chi connectivity index (χ1v) is 13.5. The number of hydrogen-bond donors (Lipinski definition) is 0. The van der Waals surface area contributed by atoms with E-state index >= 15 is 0 Å². The average Bonchev–Trinajstić information content (AvgIpc) is 2.88. The van der Waals surface area contributed by atoms with Gasteiger partial charge in [0.25, 0.3) is 0 Å². The topological polar surface area (TPSA) is 96.0 Å². The van der Waals surface area contributed by atoms with E-state index in [0.29, 0.717) is 16.9 Å². The molecule has 0 saturated heterocycles. The van der Waals surface area contributed by atoms with Crippen LogP contribution in [0.2, 0.25) is 0 Å². The zero-order valence-corrected chi connectivity index (χ0v) is 20.6. The first-order valence-electron chi connectivity index (χ1n) is 10.5. The Bertz CT molecular complexity index is 1320. The lowest BCUT2D eigenvalue weighted by atomic mass is 9.91. The summed E-state index contributed by atoms with van der Waals surface area (Å²) in [6.45, 7) is 3.13. The van der Waals surface area contributed by atoms with Gasteiger partial charge in [-0.1, -0.05) is 30.3 Å². The van der Waals surface area contributed by atoms with Crippen LogP contribution in [0.15, 0.2) is 48.5 Å². The van der Waals surface area contributed by atoms with Crippen LogP contribution in [0, 0.1) is 0 Å². The minimum absolute atomic E-state index is 0.0103. The largest absolute Gasteiger partial charge is 0.488 e. The van der Waals surface area contributed by atoms with E-state index in [9.17, 15) is 19.2 Å². The molecular weight excluding hydrogens is 474 g/mol. The van der Waals surface area contributed by atoms with Crippen molar-refractivity contribution in [2.75, 3.05) is 26.5 Å². The summed E-state index contributed by atoms with van der Waals surface area (Å²) in [5, 5.41) is 1.70. The first-order chi connectivity index (χ1) is 16.4. The summed E-state index contributed by atoms with van der Waals surface area (Å²) in [7, 11) is -0.0208. The lowest BCUT2D eigenvalue weighted by Gasteiger charge is -2.23. The van der Waals surface area contributed by atoms with Crippen LogP contribution in [-0.4, -0.2) is 49.5 Å². The van der Waals surface area contributed by atoms with Crippen molar-refractivity contribution >= 4 is 50.9 Å². The Morgan fingerprint density at radius 3 is 2.03 bits per heavy atom. The van der Waals surface area contributed by atoms with Gasteiger partial charge in [-0.25, -0.2) is 9.59 Å². The molecule has 34 heavy (non-hydrogen) atoms. The maximum absolute atomic E-state index is 12.4. The Morgan fingerprint density at radius 1 is 0.794 bits per heavy atom. The lowest BCUT2D eigenvalue weighted by Crippen LogP contribution is -2.13. The van der Waals surface area contributed by atoms with Crippen LogP contribution in [0.25, 0.3) is 21.9 Å². The van der Waals surface area contributed by atoms with Crippen LogP contribution in [-0.2, 0) is 16.1 Å². The zero-order chi connectivity index (χ0) is 24.2. The molecule has 174 valence electrons. The van der Waals surface area contributed by atoms with Crippen molar-refractivity contribution in [3.05, 3.63) is 65.2 Å². The number of fused-ring (bicyclic) bond motifs is 5. The third-order valence-electron chi connectivity index (χ3n) is 5.46. The molecule has 0 radical (unpaired) electrons. The summed E-state index contributed by atoms with van der Waals surface area (Å²) < 4.78 is 16.0. The van der Waals surface area contributed by atoms with Crippen molar-refractivity contribution in [3.63, 3.8) is 0 Å². The van der Waals surface area contributed by atoms with Crippen molar-refractivity contribution in [2.45, 2.75) is 6.61 Å². The van der Waals surface area contributed by atoms with Crippen molar-refractivity contribution in [2.24, 2.45) is 0 Å². The second-order valence-corrected chi connectivity index (χ2v) is 9.35. The number of ketones is 2. The van der Waals surface area contributed by atoms with E-state index in [1.807, 2.05) is 24.3 Å². The Balaban J connectivity index is 1.58. The van der Waals surface area contributed by atoms with Gasteiger partial charge in [0.1, 0.15) is 12.4 Å². The Morgan fingerprint density at radius 2 is 1.38 bits per heavy atom. The quantitative estimate of drug-likeness (QED) is 0.294. The lowest BCUT2D eigenvalue weighted by molar-refractivity contribution is 0.0873. The molecule has 3 aromatic carbocycles. The molecule has 0 amide bonds. The molecule has 0 N–H and O–H groups in total. The van der Waals surface area contributed by atoms with Crippen molar-refractivity contribution in [1.82, 2.24) is 0 Å². The van der Waals surface area contributed by atoms with E-state index in [0.717, 1.165) is 27.5 Å². The summed E-state index contributed by atoms with van der Waals surface area (Å²) in [6.07, 6.45) is 0. The molecule has 9 heteroatoms. The molecule has 0 aliphatic carbocycles. The van der Waals surface area contributed by atoms with Crippen LogP contribution < -0.4 is 4.74 Å². The first kappa shape index (κ1) is 24.0. The minimum Gasteiger partial charge on any atom is -0.488 e. The molecule has 2 unspecified atom stereocenters. The number of Topliss-reactive ketones (excluding diaryl/α,β-unsaturated/α-hetero) is 2. The molecule has 1 heterocycles. The Hall–Kier alpha value is -3.14. The SMILES string of the molecule is CPC(=O)OCC(=O)c1ccc2c(c1)COc1c-2ccc2cc(C(=O)COC(=O)PC)ccc12. The number of rotatable bonds is 8. The van der Waals surface area contributed by atoms with Gasteiger partial charge in [0, 0.05) is 22.1 Å². The van der Waals surface area contributed by atoms with Gasteiger partial charge in [-0.3, -0.25) is 9.59 Å². The number of carbonyl (C=O) groups excluding carboxylic acids is 4. The maximum Gasteiger partial charge on any atom is 0.323 e. The van der Waals surface area contributed by atoms with Crippen molar-refractivity contribution in [1.29, 1.82) is 0 Å². The molecule has 0 bridgehead atoms. The number of ether oxygens (including phenoxy) is 3. The van der Waals surface area contributed by atoms with E-state index in [1.54, 1.807) is 37.6 Å². The normalized spacial score (nSPS) is 12.4. The molecular formula is C25H22O7P2. The summed E-state index contributed by atoms with van der Waals surface area (Å²) in [6, 6.07) is 14.5. The third-order valence-corrected chi connectivity index (χ3v) is 6.56. The summed E-state index contributed by atoms with van der Waals surface area (Å²) in [4.78, 5) is 47.4. The van der Waals surface area contributed by atoms with E-state index < -0.39 is 0 Å². The van der Waals surface area contributed by atoms with Gasteiger partial charge in [-0.05, 0) is 65.2 Å². The molecule has 2 atom stereocenters. The van der Waals surface area contributed by atoms with Gasteiger partial charge in [-0.15, -0.1) is 0 Å². The minimum atomic E-state index is -0.387. The molecule has 3 aromatic rings. The monoisotopic (exact) mass is 496 g/mol. The average molecular weight is 496 g/mol. The summed E-state index contributed by atoms with van der Waals surface area (Å²) in [5.74, 6) is 0.181. The Kier molecular flexibility index (Phi) is 7.35. The van der Waals surface area contributed by atoms with E-state index in [1.165, 1.54) is 0 Å². The molecule has 1 aliphatic heterocycles. The fourth-order valence-corrected chi connectivity index (χ4v) is 4.15. The van der Waals surface area contributed by atoms with E-state index in [2.05, 4.69) is 0 Å². The molecule has 0 aromatic heterocycles. The maximum atomic E-state index is 12.4. The zero-order valence-electron chi connectivity index (χ0n) is 18.6. The van der Waals surface area contributed by atoms with E-state index in [-0.39, 0.29) is 60.0 Å². The highest BCUT2D eigenvalue weighted by atomic mass is 31.1. The van der Waals surface area contributed by atoms with Crippen molar-refractivity contribution in [3.8, 4) is 16.9 Å². The van der Waals surface area contributed by atoms with Crippen molar-refractivity contribution < 1.29 is 33.4 Å². The van der Waals surface area contributed by atoms with Gasteiger partial charge in [0.2, 0.25) is 0 Å². The van der Waals surface area contributed by atoms with E-state index in [4.69, 9.17) is 14.2 Å². The molecule has 1 aliphatic rings. The highest BCUT2D eigenvalue weighted by molar-refractivity contribution is 7.56. The molecule has 0 saturated carbocycles. The Labute approximate surface area is 199 Å². The predicted octanol–water partition coefficient (Wildman–Crippen LogP) is 5.65. The smallest absolute Gasteiger partial charge is 0.323 e. The fraction of sp³-hybridized carbons (Fsp3) is 0.200. The standard InChI is InChI=1S/C25H22O7P2/c1-33-24(28)31-12-21(26)15-5-7-19-14(9-15)3-8-20-18-6-4-16(10-17(18)11-30-23(19)20)22(27)13-32-25(29)34-2/h3-10,33-34H,11-13H2,1-2H3. The van der Waals surface area contributed by atoms with Gasteiger partial charge >= 0.3 is 11.4 Å². The fourth-order valence-electron chi connectivity index (χ4n) is 3.71. The number of benzene rings is 3. The van der Waals surface area contributed by atoms with Gasteiger partial charge in [0.15, 0.2) is 24.8 Å². The predicted molar refractivity (Wildman–Crippen MR) is 134 cm³/mol. The number of hydrogen-bond acceptors (Lipinski definition) is 7. The summed E-state index contributed by atoms with van der Waals surface area (Å²) in [5.41, 5.74) is 2.87. The number of carbonyl (C=O) groups is 4. The molecule has 4 rings (SSSR count). The molecule has 0 spiro atoms. The highest BCUT2D eigenvalue weighted by Gasteiger charge is 2.22. The van der Waals surface area contributed by atoms with Gasteiger partial charge < -0.3 is 14.2 Å². The second kappa shape index (κ2) is 10.4. The highest BCUT2D eigenvalue weighted by Crippen LogP contribution is 2.42. The van der Waals surface area contributed by atoms with Crippen LogP contribution in [0.4, 0.5) is 9.59 Å². The second-order valence-electron chi connectivity index (χ2n) is 7.54. The van der Waals surface area contributed by atoms with Crippen LogP contribution >= 0.6 is 17.2 Å². The third kappa shape index (κ3) is 5.01.